The lowest BCUT2D eigenvalue weighted by Gasteiger charge is -2.34. The molecule has 2 aliphatic heterocycles. The molecule has 18 heteroatoms. The molecule has 3 heterocycles. The van der Waals surface area contributed by atoms with E-state index in [1.165, 1.54) is 18.3 Å². The van der Waals surface area contributed by atoms with Crippen LogP contribution in [-0.2, 0) is 54.0 Å². The Kier molecular flexibility index (Phi) is 21.0. The lowest BCUT2D eigenvalue weighted by atomic mass is 9.73. The lowest BCUT2D eigenvalue weighted by Crippen LogP contribution is -2.45. The van der Waals surface area contributed by atoms with Gasteiger partial charge in [-0.15, -0.1) is 11.3 Å². The number of Topliss-reactive ketones (excluding diaryl/α,β-unsaturated/α-hetero) is 3. The van der Waals surface area contributed by atoms with Gasteiger partial charge in [-0.2, -0.15) is 0 Å². The molecule has 9 atom stereocenters. The van der Waals surface area contributed by atoms with Crippen molar-refractivity contribution in [3.8, 4) is 0 Å². The van der Waals surface area contributed by atoms with Crippen LogP contribution in [0.5, 0.6) is 0 Å². The van der Waals surface area contributed by atoms with Crippen molar-refractivity contribution in [2.24, 2.45) is 23.2 Å². The number of fused-ring (bicyclic) bond motifs is 1. The Labute approximate surface area is 364 Å². The number of hydrogen-bond donors (Lipinski definition) is 5. The van der Waals surface area contributed by atoms with Crippen molar-refractivity contribution in [3.05, 3.63) is 21.7 Å². The summed E-state index contributed by atoms with van der Waals surface area (Å²) in [4.78, 5) is 78.1. The van der Waals surface area contributed by atoms with Crippen molar-refractivity contribution >= 4 is 54.2 Å². The first kappa shape index (κ1) is 52.6. The van der Waals surface area contributed by atoms with Gasteiger partial charge in [-0.3, -0.25) is 28.5 Å². The number of ether oxygens (including phenoxy) is 4. The quantitative estimate of drug-likeness (QED) is 0.0475. The molecule has 2 saturated heterocycles. The Morgan fingerprint density at radius 3 is 2.41 bits per heavy atom. The smallest absolute Gasteiger partial charge is 0.309 e. The van der Waals surface area contributed by atoms with Gasteiger partial charge >= 0.3 is 5.97 Å². The van der Waals surface area contributed by atoms with Gasteiger partial charge in [0.15, 0.2) is 0 Å². The number of nitrogens with zero attached hydrogens (tertiary/aromatic N) is 1. The second-order valence-corrected chi connectivity index (χ2v) is 20.6. The number of amides is 1. The summed E-state index contributed by atoms with van der Waals surface area (Å²) in [5, 5.41) is 29.7. The third kappa shape index (κ3) is 17.4. The predicted octanol–water partition coefficient (Wildman–Crippen LogP) is 4.95. The lowest BCUT2D eigenvalue weighted by molar-refractivity contribution is -0.154. The molecule has 0 aliphatic carbocycles. The van der Waals surface area contributed by atoms with Gasteiger partial charge in [-0.1, -0.05) is 41.0 Å². The zero-order chi connectivity index (χ0) is 45.5. The Morgan fingerprint density at radius 2 is 1.75 bits per heavy atom. The summed E-state index contributed by atoms with van der Waals surface area (Å²) in [6.07, 6.45) is 1.48. The number of aromatic nitrogens is 1. The molecule has 61 heavy (non-hydrogen) atoms. The number of aliphatic hydroxyl groups is 2. The highest BCUT2D eigenvalue weighted by Crippen LogP contribution is 2.45. The predicted molar refractivity (Wildman–Crippen MR) is 231 cm³/mol. The summed E-state index contributed by atoms with van der Waals surface area (Å²) in [7, 11) is -3.88. The van der Waals surface area contributed by atoms with Crippen LogP contribution in [0.25, 0.3) is 6.08 Å². The molecular formula is C43H70N3O13PS. The van der Waals surface area contributed by atoms with E-state index in [-0.39, 0.29) is 74.0 Å². The molecule has 0 spiro atoms. The molecule has 0 saturated carbocycles. The van der Waals surface area contributed by atoms with Crippen molar-refractivity contribution in [2.75, 3.05) is 39.1 Å². The summed E-state index contributed by atoms with van der Waals surface area (Å²) in [5.74, 6) is -2.92. The highest BCUT2D eigenvalue weighted by Gasteiger charge is 2.53. The van der Waals surface area contributed by atoms with Crippen LogP contribution >= 0.6 is 18.9 Å². The number of nitrogens with one attached hydrogen (secondary N) is 2. The number of ketones is 3. The van der Waals surface area contributed by atoms with E-state index >= 15 is 0 Å². The average Bonchev–Trinajstić information content (AvgIpc) is 3.59. The number of cyclic esters (lactones) is 1. The van der Waals surface area contributed by atoms with Gasteiger partial charge in [0.25, 0.3) is 7.52 Å². The summed E-state index contributed by atoms with van der Waals surface area (Å²) < 4.78 is 35.7. The normalized spacial score (nSPS) is 28.0. The molecule has 346 valence electrons. The largest absolute Gasteiger partial charge is 0.458 e. The molecule has 1 aromatic heterocycles. The van der Waals surface area contributed by atoms with E-state index in [0.717, 1.165) is 12.8 Å². The Morgan fingerprint density at radius 1 is 1.08 bits per heavy atom. The number of carbonyl (C=O) groups is 5. The molecule has 2 fully saturated rings. The summed E-state index contributed by atoms with van der Waals surface area (Å²) >= 11 is 1.27. The molecule has 0 bridgehead atoms. The number of aliphatic hydroxyl groups excluding tert-OH is 2. The Balaban J connectivity index is 1.52. The van der Waals surface area contributed by atoms with Gasteiger partial charge in [0, 0.05) is 49.4 Å². The Bertz CT molecular complexity index is 1720. The van der Waals surface area contributed by atoms with Crippen LogP contribution in [0.1, 0.15) is 124 Å². The molecule has 1 aromatic rings. The first-order chi connectivity index (χ1) is 28.6. The third-order valence-corrected chi connectivity index (χ3v) is 14.2. The maximum absolute atomic E-state index is 13.4. The molecule has 5 N–H and O–H groups in total. The second-order valence-electron chi connectivity index (χ2n) is 17.5. The van der Waals surface area contributed by atoms with E-state index < -0.39 is 61.1 Å². The van der Waals surface area contributed by atoms with Crippen LogP contribution in [0.3, 0.4) is 0 Å². The van der Waals surface area contributed by atoms with Crippen molar-refractivity contribution in [2.45, 2.75) is 150 Å². The number of hydrogen-bond acceptors (Lipinski definition) is 14. The van der Waals surface area contributed by atoms with Gasteiger partial charge in [-0.05, 0) is 57.6 Å². The second kappa shape index (κ2) is 24.4. The van der Waals surface area contributed by atoms with Gasteiger partial charge in [-0.25, -0.2) is 10.1 Å². The average molecular weight is 900 g/mol. The highest BCUT2D eigenvalue weighted by atomic mass is 32.1. The minimum Gasteiger partial charge on any atom is -0.458 e. The molecule has 16 nitrogen and oxygen atoms in total. The zero-order valence-electron chi connectivity index (χ0n) is 37.2. The van der Waals surface area contributed by atoms with Gasteiger partial charge < -0.3 is 39.4 Å². The van der Waals surface area contributed by atoms with E-state index in [9.17, 15) is 43.6 Å². The summed E-state index contributed by atoms with van der Waals surface area (Å²) in [6, 6.07) is 0. The number of carbonyl (C=O) groups excluding carboxylic acids is 5. The molecule has 0 radical (unpaired) electrons. The van der Waals surface area contributed by atoms with Crippen molar-refractivity contribution in [1.29, 1.82) is 0 Å². The molecule has 1 amide bonds. The van der Waals surface area contributed by atoms with Crippen LogP contribution in [-0.4, -0.2) is 118 Å². The first-order valence-electron chi connectivity index (χ1n) is 21.5. The number of thiazole rings is 1. The standard InChI is InChI=1S/C43H70N3O13PS/c1-9-31(22-33(48)13-17-57-19-18-56-16-12-29(4)47)41(53)44-15-20-60(54,55)45-25-37-46-32(26-61-37)21-28(3)34-23-36-43(8,59-36)14-10-11-27(2)39(51)30(5)40(52)42(6,7)35(49)24-38(50)58-34/h21,26-27,30-31,34-36,39,49,51H,9-20,22-25H2,1-8H3,(H,44,53)(H2,45,54,55)/b28-21+/t27-,30+,31+,34-,35-,36?,39-,43+/m1/s1. The van der Waals surface area contributed by atoms with Crippen LogP contribution in [0.15, 0.2) is 11.0 Å². The molecule has 0 aromatic carbocycles. The zero-order valence-corrected chi connectivity index (χ0v) is 38.9. The van der Waals surface area contributed by atoms with Crippen LogP contribution < -0.4 is 10.4 Å². The minimum atomic E-state index is -3.88. The SMILES string of the molecule is CC[C@@H](CC(=O)CCOCCOCCC(C)=O)C(=O)NCCP(=O)(O)NCc1nc(/C=C(\C)[C@H]2CC3O[C@@]3(C)CCC[C@@H](C)[C@@H](O)[C@H](C)C(=O)C(C)(C)[C@H](O)CC(=O)O2)cs1. The van der Waals surface area contributed by atoms with Crippen LogP contribution in [0.4, 0.5) is 0 Å². The van der Waals surface area contributed by atoms with E-state index in [1.807, 2.05) is 20.8 Å². The molecule has 2 unspecified atom stereocenters. The maximum atomic E-state index is 13.4. The van der Waals surface area contributed by atoms with Gasteiger partial charge in [0.05, 0.1) is 80.6 Å². The summed E-state index contributed by atoms with van der Waals surface area (Å²) in [5.41, 5.74) is -0.504. The van der Waals surface area contributed by atoms with Gasteiger partial charge in [0.2, 0.25) is 5.91 Å². The molecular weight excluding hydrogens is 830 g/mol. The van der Waals surface area contributed by atoms with Crippen LogP contribution in [0, 0.1) is 23.2 Å². The fraction of sp³-hybridized carbons (Fsp3) is 0.767. The minimum absolute atomic E-state index is 0.00862. The molecule has 3 rings (SSSR count). The number of esters is 1. The first-order valence-corrected chi connectivity index (χ1v) is 24.2. The fourth-order valence-electron chi connectivity index (χ4n) is 7.36. The Hall–Kier alpha value is -2.73. The summed E-state index contributed by atoms with van der Waals surface area (Å²) in [6.45, 7) is 14.9. The van der Waals surface area contributed by atoms with E-state index in [1.54, 1.807) is 39.2 Å². The maximum Gasteiger partial charge on any atom is 0.309 e. The monoisotopic (exact) mass is 899 g/mol. The van der Waals surface area contributed by atoms with Crippen molar-refractivity contribution < 1.29 is 62.6 Å². The van der Waals surface area contributed by atoms with E-state index in [4.69, 9.17) is 18.9 Å². The number of epoxide rings is 1. The van der Waals surface area contributed by atoms with Crippen LogP contribution in [0.2, 0.25) is 0 Å². The van der Waals surface area contributed by atoms with E-state index in [2.05, 4.69) is 15.4 Å². The van der Waals surface area contributed by atoms with Crippen molar-refractivity contribution in [3.63, 3.8) is 0 Å². The van der Waals surface area contributed by atoms with E-state index in [0.29, 0.717) is 61.8 Å². The van der Waals surface area contributed by atoms with Crippen molar-refractivity contribution in [1.82, 2.24) is 15.4 Å². The third-order valence-electron chi connectivity index (χ3n) is 11.9. The topological polar surface area (TPSA) is 240 Å². The fourth-order valence-corrected chi connectivity index (χ4v) is 9.13. The van der Waals surface area contributed by atoms with Gasteiger partial charge in [0.1, 0.15) is 28.5 Å². The number of rotatable bonds is 21. The highest BCUT2D eigenvalue weighted by molar-refractivity contribution is 7.55. The molecule has 2 aliphatic rings.